The fourth-order valence-electron chi connectivity index (χ4n) is 2.70. The van der Waals surface area contributed by atoms with E-state index in [0.29, 0.717) is 13.0 Å². The van der Waals surface area contributed by atoms with E-state index in [-0.39, 0.29) is 11.9 Å². The Labute approximate surface area is 142 Å². The second-order valence-electron chi connectivity index (χ2n) is 5.70. The van der Waals surface area contributed by atoms with E-state index in [9.17, 15) is 4.79 Å². The average Bonchev–Trinajstić information content (AvgIpc) is 3.16. The van der Waals surface area contributed by atoms with Crippen LogP contribution in [0.1, 0.15) is 17.3 Å². The van der Waals surface area contributed by atoms with E-state index in [1.807, 2.05) is 65.5 Å². The number of amides is 1. The first-order valence-corrected chi connectivity index (χ1v) is 8.17. The fourth-order valence-corrected chi connectivity index (χ4v) is 2.70. The molecule has 0 aliphatic rings. The van der Waals surface area contributed by atoms with Crippen LogP contribution in [0.3, 0.4) is 0 Å². The Bertz CT molecular complexity index is 739. The summed E-state index contributed by atoms with van der Waals surface area (Å²) in [6, 6.07) is 19.6. The molecule has 0 fully saturated rings. The molecule has 24 heavy (non-hydrogen) atoms. The van der Waals surface area contributed by atoms with Crippen molar-refractivity contribution in [3.8, 4) is 0 Å². The molecule has 0 spiro atoms. The maximum absolute atomic E-state index is 12.7. The number of nitrogens with one attached hydrogen (secondary N) is 1. The summed E-state index contributed by atoms with van der Waals surface area (Å²) in [5, 5.41) is 3.04. The number of benzene rings is 1. The molecule has 2 heterocycles. The van der Waals surface area contributed by atoms with Crippen molar-refractivity contribution in [1.82, 2.24) is 14.9 Å². The highest BCUT2D eigenvalue weighted by molar-refractivity contribution is 5.80. The minimum atomic E-state index is -0.244. The summed E-state index contributed by atoms with van der Waals surface area (Å²) in [4.78, 5) is 17.0. The molecule has 1 N–H and O–H groups in total. The summed E-state index contributed by atoms with van der Waals surface area (Å²) >= 11 is 0. The molecular weight excluding hydrogens is 298 g/mol. The van der Waals surface area contributed by atoms with E-state index in [1.165, 1.54) is 0 Å². The highest BCUT2D eigenvalue weighted by Crippen LogP contribution is 2.15. The molecule has 3 aromatic rings. The largest absolute Gasteiger partial charge is 0.354 e. The molecule has 0 radical (unpaired) electrons. The number of carbonyl (C=O) groups excluding carboxylic acids is 1. The average molecular weight is 319 g/mol. The van der Waals surface area contributed by atoms with Gasteiger partial charge in [0.15, 0.2) is 0 Å². The molecule has 0 aliphatic heterocycles. The van der Waals surface area contributed by atoms with Gasteiger partial charge in [-0.05, 0) is 29.8 Å². The summed E-state index contributed by atoms with van der Waals surface area (Å²) in [5.74, 6) is 0.0333. The Kier molecular flexibility index (Phi) is 5.40. The lowest BCUT2D eigenvalue weighted by atomic mass is 10.1. The summed E-state index contributed by atoms with van der Waals surface area (Å²) in [6.45, 7) is 0.586. The Morgan fingerprint density at radius 1 is 1.00 bits per heavy atom. The third-order valence-corrected chi connectivity index (χ3v) is 3.97. The van der Waals surface area contributed by atoms with Crippen molar-refractivity contribution < 1.29 is 4.79 Å². The monoisotopic (exact) mass is 319 g/mol. The summed E-state index contributed by atoms with van der Waals surface area (Å²) in [6.07, 6.45) is 7.05. The van der Waals surface area contributed by atoms with Crippen LogP contribution in [-0.4, -0.2) is 22.0 Å². The number of nitrogens with zero attached hydrogens (tertiary/aromatic N) is 2. The number of carbonyl (C=O) groups is 1. The number of hydrogen-bond donors (Lipinski definition) is 1. The van der Waals surface area contributed by atoms with E-state index in [1.54, 1.807) is 6.20 Å². The van der Waals surface area contributed by atoms with Gasteiger partial charge in [0.1, 0.15) is 6.04 Å². The number of rotatable bonds is 7. The summed E-state index contributed by atoms with van der Waals surface area (Å²) in [5.41, 5.74) is 2.13. The molecule has 122 valence electrons. The van der Waals surface area contributed by atoms with Crippen LogP contribution in [0.25, 0.3) is 0 Å². The normalized spacial score (nSPS) is 11.8. The molecule has 4 nitrogen and oxygen atoms in total. The molecule has 0 aliphatic carbocycles. The molecule has 0 saturated carbocycles. The van der Waals surface area contributed by atoms with Crippen LogP contribution in [0.5, 0.6) is 0 Å². The quantitative estimate of drug-likeness (QED) is 0.727. The van der Waals surface area contributed by atoms with Gasteiger partial charge in [0, 0.05) is 43.7 Å². The maximum atomic E-state index is 12.7. The predicted molar refractivity (Wildman–Crippen MR) is 94.6 cm³/mol. The molecule has 3 rings (SSSR count). The second-order valence-corrected chi connectivity index (χ2v) is 5.70. The van der Waals surface area contributed by atoms with Gasteiger partial charge < -0.3 is 9.88 Å². The number of aromatic nitrogens is 2. The zero-order chi connectivity index (χ0) is 16.6. The van der Waals surface area contributed by atoms with E-state index in [4.69, 9.17) is 0 Å². The topological polar surface area (TPSA) is 46.9 Å². The van der Waals surface area contributed by atoms with Crippen LogP contribution in [0.4, 0.5) is 0 Å². The van der Waals surface area contributed by atoms with Gasteiger partial charge in [-0.2, -0.15) is 0 Å². The van der Waals surface area contributed by atoms with Gasteiger partial charge >= 0.3 is 0 Å². The molecule has 1 atom stereocenters. The third-order valence-electron chi connectivity index (χ3n) is 3.97. The van der Waals surface area contributed by atoms with Crippen molar-refractivity contribution in [2.45, 2.75) is 18.9 Å². The number of pyridine rings is 1. The van der Waals surface area contributed by atoms with Crippen molar-refractivity contribution in [3.63, 3.8) is 0 Å². The SMILES string of the molecule is O=C(NCCc1ccccn1)C(Cc1ccccc1)n1cccc1. The first-order valence-electron chi connectivity index (χ1n) is 8.17. The number of hydrogen-bond acceptors (Lipinski definition) is 2. The lowest BCUT2D eigenvalue weighted by molar-refractivity contribution is -0.124. The van der Waals surface area contributed by atoms with Crippen LogP contribution in [-0.2, 0) is 17.6 Å². The molecular formula is C20H21N3O. The Morgan fingerprint density at radius 3 is 2.46 bits per heavy atom. The highest BCUT2D eigenvalue weighted by Gasteiger charge is 2.19. The minimum absolute atomic E-state index is 0.0333. The van der Waals surface area contributed by atoms with Crippen LogP contribution in [0, 0.1) is 0 Å². The summed E-state index contributed by atoms with van der Waals surface area (Å²) in [7, 11) is 0. The zero-order valence-corrected chi connectivity index (χ0v) is 13.5. The van der Waals surface area contributed by atoms with Gasteiger partial charge in [-0.3, -0.25) is 9.78 Å². The van der Waals surface area contributed by atoms with Gasteiger partial charge in [0.2, 0.25) is 5.91 Å². The molecule has 0 bridgehead atoms. The molecule has 1 aromatic carbocycles. The lowest BCUT2D eigenvalue weighted by Crippen LogP contribution is -2.34. The smallest absolute Gasteiger partial charge is 0.243 e. The van der Waals surface area contributed by atoms with Crippen LogP contribution in [0.2, 0.25) is 0 Å². The van der Waals surface area contributed by atoms with Crippen molar-refractivity contribution in [2.75, 3.05) is 6.54 Å². The zero-order valence-electron chi connectivity index (χ0n) is 13.5. The molecule has 1 amide bonds. The van der Waals surface area contributed by atoms with E-state index < -0.39 is 0 Å². The van der Waals surface area contributed by atoms with Crippen molar-refractivity contribution in [2.24, 2.45) is 0 Å². The van der Waals surface area contributed by atoms with Crippen LogP contribution >= 0.6 is 0 Å². The first kappa shape index (κ1) is 16.0. The maximum Gasteiger partial charge on any atom is 0.243 e. The fraction of sp³-hybridized carbons (Fsp3) is 0.200. The Balaban J connectivity index is 1.63. The van der Waals surface area contributed by atoms with Crippen molar-refractivity contribution in [1.29, 1.82) is 0 Å². The van der Waals surface area contributed by atoms with Crippen molar-refractivity contribution >= 4 is 5.91 Å². The minimum Gasteiger partial charge on any atom is -0.354 e. The van der Waals surface area contributed by atoms with Crippen LogP contribution < -0.4 is 5.32 Å². The second kappa shape index (κ2) is 8.11. The summed E-state index contributed by atoms with van der Waals surface area (Å²) < 4.78 is 1.96. The van der Waals surface area contributed by atoms with Gasteiger partial charge in [-0.1, -0.05) is 36.4 Å². The van der Waals surface area contributed by atoms with Crippen LogP contribution in [0.15, 0.2) is 79.3 Å². The van der Waals surface area contributed by atoms with Gasteiger partial charge in [-0.25, -0.2) is 0 Å². The highest BCUT2D eigenvalue weighted by atomic mass is 16.2. The standard InChI is InChI=1S/C20H21N3O/c24-20(22-13-11-18-10-4-5-12-21-18)19(23-14-6-7-15-23)16-17-8-2-1-3-9-17/h1-10,12,14-15,19H,11,13,16H2,(H,22,24). The van der Waals surface area contributed by atoms with Gasteiger partial charge in [0.25, 0.3) is 0 Å². The molecule has 4 heteroatoms. The van der Waals surface area contributed by atoms with E-state index in [2.05, 4.69) is 22.4 Å². The Morgan fingerprint density at radius 2 is 1.75 bits per heavy atom. The molecule has 1 unspecified atom stereocenters. The van der Waals surface area contributed by atoms with Gasteiger partial charge in [0.05, 0.1) is 0 Å². The lowest BCUT2D eigenvalue weighted by Gasteiger charge is -2.19. The first-order chi connectivity index (χ1) is 11.8. The molecule has 2 aromatic heterocycles. The molecule has 0 saturated heterocycles. The van der Waals surface area contributed by atoms with Crippen molar-refractivity contribution in [3.05, 3.63) is 90.5 Å². The Hall–Kier alpha value is -2.88. The van der Waals surface area contributed by atoms with Gasteiger partial charge in [-0.15, -0.1) is 0 Å². The predicted octanol–water partition coefficient (Wildman–Crippen LogP) is 3.03. The third kappa shape index (κ3) is 4.32. The van der Waals surface area contributed by atoms with E-state index in [0.717, 1.165) is 17.7 Å². The van der Waals surface area contributed by atoms with E-state index >= 15 is 0 Å².